The van der Waals surface area contributed by atoms with Crippen molar-refractivity contribution in [2.45, 2.75) is 33.7 Å². The molecule has 0 bridgehead atoms. The minimum atomic E-state index is -0.583. The molecular weight excluding hydrogens is 278 g/mol. The van der Waals surface area contributed by atoms with Crippen LogP contribution in [0.2, 0.25) is 0 Å². The zero-order valence-corrected chi connectivity index (χ0v) is 13.4. The molecule has 116 valence electrons. The molecule has 5 nitrogen and oxygen atoms in total. The summed E-state index contributed by atoms with van der Waals surface area (Å²) in [6.45, 7) is 7.87. The number of aryl methyl sites for hydroxylation is 2. The summed E-state index contributed by atoms with van der Waals surface area (Å²) < 4.78 is 0. The molecule has 0 aliphatic heterocycles. The highest BCUT2D eigenvalue weighted by molar-refractivity contribution is 6.07. The lowest BCUT2D eigenvalue weighted by molar-refractivity contribution is -0.122. The highest BCUT2D eigenvalue weighted by Crippen LogP contribution is 2.20. The van der Waals surface area contributed by atoms with Gasteiger partial charge in [-0.3, -0.25) is 14.6 Å². The summed E-state index contributed by atoms with van der Waals surface area (Å²) in [7, 11) is 0. The zero-order valence-electron chi connectivity index (χ0n) is 13.4. The highest BCUT2D eigenvalue weighted by atomic mass is 16.2. The average molecular weight is 299 g/mol. The molecule has 0 fully saturated rings. The third kappa shape index (κ3) is 3.42. The molecule has 0 saturated heterocycles. The Labute approximate surface area is 130 Å². The molecule has 22 heavy (non-hydrogen) atoms. The van der Waals surface area contributed by atoms with E-state index < -0.39 is 6.04 Å². The summed E-state index contributed by atoms with van der Waals surface area (Å²) >= 11 is 0. The summed E-state index contributed by atoms with van der Waals surface area (Å²) in [6, 6.07) is 6.98. The lowest BCUT2D eigenvalue weighted by Gasteiger charge is -2.15. The van der Waals surface area contributed by atoms with Gasteiger partial charge in [-0.05, 0) is 45.9 Å². The number of hydrogen-bond donors (Lipinski definition) is 2. The molecule has 2 rings (SSSR count). The number of likely N-dealkylation sites (N-methyl/N-ethyl adjacent to an activating group) is 1. The van der Waals surface area contributed by atoms with Gasteiger partial charge in [-0.2, -0.15) is 0 Å². The molecule has 0 aliphatic carbocycles. The van der Waals surface area contributed by atoms with Crippen molar-refractivity contribution in [1.82, 2.24) is 15.6 Å². The quantitative estimate of drug-likeness (QED) is 0.908. The predicted molar refractivity (Wildman–Crippen MR) is 86.8 cm³/mol. The number of pyridine rings is 1. The molecular formula is C17H21N3O2. The number of amides is 2. The van der Waals surface area contributed by atoms with Gasteiger partial charge in [-0.1, -0.05) is 11.6 Å². The Balaban J connectivity index is 2.35. The molecule has 5 heteroatoms. The van der Waals surface area contributed by atoms with Crippen molar-refractivity contribution in [3.05, 3.63) is 41.1 Å². The van der Waals surface area contributed by atoms with Gasteiger partial charge in [0.25, 0.3) is 5.91 Å². The van der Waals surface area contributed by atoms with Gasteiger partial charge in [0.1, 0.15) is 6.04 Å². The molecule has 2 aromatic rings. The van der Waals surface area contributed by atoms with Crippen molar-refractivity contribution in [2.75, 3.05) is 6.54 Å². The number of nitrogens with zero attached hydrogens (tertiary/aromatic N) is 1. The lowest BCUT2D eigenvalue weighted by Crippen LogP contribution is -2.44. The first-order valence-electron chi connectivity index (χ1n) is 7.39. The van der Waals surface area contributed by atoms with Crippen molar-refractivity contribution < 1.29 is 9.59 Å². The smallest absolute Gasteiger partial charge is 0.252 e. The van der Waals surface area contributed by atoms with Gasteiger partial charge in [-0.15, -0.1) is 0 Å². The van der Waals surface area contributed by atoms with E-state index in [1.165, 1.54) is 0 Å². The second-order valence-corrected chi connectivity index (χ2v) is 5.42. The zero-order chi connectivity index (χ0) is 16.3. The van der Waals surface area contributed by atoms with Crippen molar-refractivity contribution in [3.63, 3.8) is 0 Å². The maximum atomic E-state index is 12.5. The van der Waals surface area contributed by atoms with Crippen molar-refractivity contribution in [3.8, 4) is 0 Å². The highest BCUT2D eigenvalue weighted by Gasteiger charge is 2.18. The molecule has 1 aromatic heterocycles. The SMILES string of the molecule is CCNC(=O)[C@H](C)NC(=O)c1cc(C)nc2ccc(C)cc12. The fourth-order valence-electron chi connectivity index (χ4n) is 2.33. The molecule has 0 radical (unpaired) electrons. The largest absolute Gasteiger partial charge is 0.355 e. The van der Waals surface area contributed by atoms with E-state index in [2.05, 4.69) is 15.6 Å². The molecule has 0 unspecified atom stereocenters. The molecule has 1 atom stereocenters. The molecule has 2 amide bonds. The van der Waals surface area contributed by atoms with Crippen LogP contribution in [0.4, 0.5) is 0 Å². The number of benzene rings is 1. The number of aromatic nitrogens is 1. The maximum Gasteiger partial charge on any atom is 0.252 e. The maximum absolute atomic E-state index is 12.5. The van der Waals surface area contributed by atoms with E-state index in [9.17, 15) is 9.59 Å². The van der Waals surface area contributed by atoms with Crippen LogP contribution < -0.4 is 10.6 Å². The Bertz CT molecular complexity index is 725. The summed E-state index contributed by atoms with van der Waals surface area (Å²) in [5.74, 6) is -0.457. The summed E-state index contributed by atoms with van der Waals surface area (Å²) in [4.78, 5) is 28.7. The number of carbonyl (C=O) groups is 2. The third-order valence-corrected chi connectivity index (χ3v) is 3.43. The van der Waals surface area contributed by atoms with Crippen LogP contribution in [0.1, 0.15) is 35.5 Å². The Hall–Kier alpha value is -2.43. The van der Waals surface area contributed by atoms with Crippen LogP contribution in [0.15, 0.2) is 24.3 Å². The number of rotatable bonds is 4. The monoisotopic (exact) mass is 299 g/mol. The van der Waals surface area contributed by atoms with Gasteiger partial charge in [0.2, 0.25) is 5.91 Å². The van der Waals surface area contributed by atoms with Gasteiger partial charge in [0.15, 0.2) is 0 Å². The molecule has 0 saturated carbocycles. The second-order valence-electron chi connectivity index (χ2n) is 5.42. The molecule has 1 heterocycles. The predicted octanol–water partition coefficient (Wildman–Crippen LogP) is 2.11. The van der Waals surface area contributed by atoms with Crippen molar-refractivity contribution >= 4 is 22.7 Å². The Morgan fingerprint density at radius 3 is 2.64 bits per heavy atom. The summed E-state index contributed by atoms with van der Waals surface area (Å²) in [5.41, 5.74) is 3.15. The standard InChI is InChI=1S/C17H21N3O2/c1-5-18-16(21)12(4)20-17(22)14-9-11(3)19-15-7-6-10(2)8-13(14)15/h6-9,12H,5H2,1-4H3,(H,18,21)(H,20,22)/t12-/m0/s1. The topological polar surface area (TPSA) is 71.1 Å². The minimum absolute atomic E-state index is 0.192. The van der Waals surface area contributed by atoms with E-state index in [1.807, 2.05) is 39.0 Å². The van der Waals surface area contributed by atoms with E-state index in [0.717, 1.165) is 22.2 Å². The van der Waals surface area contributed by atoms with Crippen LogP contribution in [-0.2, 0) is 4.79 Å². The first kappa shape index (κ1) is 15.9. The van der Waals surface area contributed by atoms with Crippen LogP contribution in [0.3, 0.4) is 0 Å². The number of hydrogen-bond acceptors (Lipinski definition) is 3. The van der Waals surface area contributed by atoms with Crippen LogP contribution in [0.5, 0.6) is 0 Å². The van der Waals surface area contributed by atoms with Crippen LogP contribution in [-0.4, -0.2) is 29.4 Å². The van der Waals surface area contributed by atoms with Gasteiger partial charge < -0.3 is 10.6 Å². The van der Waals surface area contributed by atoms with Gasteiger partial charge in [0.05, 0.1) is 11.1 Å². The first-order chi connectivity index (χ1) is 10.4. The number of nitrogens with one attached hydrogen (secondary N) is 2. The second kappa shape index (κ2) is 6.56. The van der Waals surface area contributed by atoms with E-state index in [0.29, 0.717) is 12.1 Å². The Morgan fingerprint density at radius 2 is 1.95 bits per heavy atom. The van der Waals surface area contributed by atoms with Gasteiger partial charge >= 0.3 is 0 Å². The number of fused-ring (bicyclic) bond motifs is 1. The fourth-order valence-corrected chi connectivity index (χ4v) is 2.33. The van der Waals surface area contributed by atoms with Crippen molar-refractivity contribution in [1.29, 1.82) is 0 Å². The normalized spacial score (nSPS) is 12.0. The molecule has 0 spiro atoms. The van der Waals surface area contributed by atoms with Crippen LogP contribution in [0, 0.1) is 13.8 Å². The van der Waals surface area contributed by atoms with E-state index in [4.69, 9.17) is 0 Å². The van der Waals surface area contributed by atoms with E-state index in [-0.39, 0.29) is 11.8 Å². The van der Waals surface area contributed by atoms with Crippen LogP contribution >= 0.6 is 0 Å². The van der Waals surface area contributed by atoms with Crippen molar-refractivity contribution in [2.24, 2.45) is 0 Å². The van der Waals surface area contributed by atoms with E-state index in [1.54, 1.807) is 13.0 Å². The molecule has 0 aliphatic rings. The molecule has 2 N–H and O–H groups in total. The Kier molecular flexibility index (Phi) is 4.75. The molecule has 1 aromatic carbocycles. The van der Waals surface area contributed by atoms with Crippen LogP contribution in [0.25, 0.3) is 10.9 Å². The van der Waals surface area contributed by atoms with Gasteiger partial charge in [0, 0.05) is 17.6 Å². The lowest BCUT2D eigenvalue weighted by atomic mass is 10.0. The summed E-state index contributed by atoms with van der Waals surface area (Å²) in [6.07, 6.45) is 0. The fraction of sp³-hybridized carbons (Fsp3) is 0.353. The minimum Gasteiger partial charge on any atom is -0.355 e. The average Bonchev–Trinajstić information content (AvgIpc) is 2.47. The van der Waals surface area contributed by atoms with Gasteiger partial charge in [-0.25, -0.2) is 0 Å². The number of carbonyl (C=O) groups excluding carboxylic acids is 2. The third-order valence-electron chi connectivity index (χ3n) is 3.43. The van der Waals surface area contributed by atoms with E-state index >= 15 is 0 Å². The summed E-state index contributed by atoms with van der Waals surface area (Å²) in [5, 5.41) is 6.23. The Morgan fingerprint density at radius 1 is 1.23 bits per heavy atom. The first-order valence-corrected chi connectivity index (χ1v) is 7.39.